The average molecular weight is 439 g/mol. The zero-order valence-corrected chi connectivity index (χ0v) is 18.9. The summed E-state index contributed by atoms with van der Waals surface area (Å²) >= 11 is 0. The van der Waals surface area contributed by atoms with Crippen LogP contribution in [0, 0.1) is 0 Å². The van der Waals surface area contributed by atoms with Gasteiger partial charge < -0.3 is 10.5 Å². The van der Waals surface area contributed by atoms with Crippen LogP contribution in [0.2, 0.25) is 0 Å². The lowest BCUT2D eigenvalue weighted by atomic mass is 9.97. The molecule has 5 heteroatoms. The molecule has 4 aromatic rings. The summed E-state index contributed by atoms with van der Waals surface area (Å²) in [5.41, 5.74) is 12.0. The highest BCUT2D eigenvalue weighted by Gasteiger charge is 2.15. The van der Waals surface area contributed by atoms with Crippen LogP contribution >= 0.6 is 0 Å². The molecule has 0 amide bonds. The minimum absolute atomic E-state index is 0.529. The zero-order valence-electron chi connectivity index (χ0n) is 18.9. The number of piperidine rings is 1. The summed E-state index contributed by atoms with van der Waals surface area (Å²) in [5.74, 6) is 0.652. The van der Waals surface area contributed by atoms with E-state index >= 15 is 0 Å². The molecule has 0 bridgehead atoms. The monoisotopic (exact) mass is 438 g/mol. The van der Waals surface area contributed by atoms with Crippen molar-refractivity contribution in [3.8, 4) is 28.3 Å². The number of nitrogens with zero attached hydrogens (tertiary/aromatic N) is 3. The predicted octanol–water partition coefficient (Wildman–Crippen LogP) is 5.29. The number of benzene rings is 2. The number of aromatic nitrogens is 2. The first-order valence-corrected chi connectivity index (χ1v) is 11.8. The maximum Gasteiger partial charge on any atom is 0.222 e. The lowest BCUT2D eigenvalue weighted by Gasteiger charge is -2.26. The van der Waals surface area contributed by atoms with Gasteiger partial charge in [0.05, 0.1) is 16.6 Å². The van der Waals surface area contributed by atoms with Crippen LogP contribution < -0.4 is 10.5 Å². The number of rotatable bonds is 7. The lowest BCUT2D eigenvalue weighted by Crippen LogP contribution is -2.33. The van der Waals surface area contributed by atoms with Crippen molar-refractivity contribution in [1.82, 2.24) is 14.9 Å². The zero-order chi connectivity index (χ0) is 22.5. The molecule has 0 aliphatic carbocycles. The molecule has 1 aliphatic heterocycles. The van der Waals surface area contributed by atoms with Crippen molar-refractivity contribution in [3.05, 3.63) is 78.5 Å². The minimum atomic E-state index is 0.529. The van der Waals surface area contributed by atoms with Crippen LogP contribution in [0.1, 0.15) is 24.8 Å². The molecule has 1 aliphatic rings. The fourth-order valence-electron chi connectivity index (χ4n) is 4.50. The summed E-state index contributed by atoms with van der Waals surface area (Å²) in [6.07, 6.45) is 5.69. The summed E-state index contributed by atoms with van der Waals surface area (Å²) < 4.78 is 6.18. The van der Waals surface area contributed by atoms with Gasteiger partial charge in [0.1, 0.15) is 6.61 Å². The SMILES string of the molecule is NCc1ccc(-c2nc3ccnc(OCCN4CCCCC4)c3cc2-c2ccccc2)cc1. The Labute approximate surface area is 195 Å². The third kappa shape index (κ3) is 4.90. The summed E-state index contributed by atoms with van der Waals surface area (Å²) in [7, 11) is 0. The number of nitrogens with two attached hydrogens (primary N) is 1. The molecular weight excluding hydrogens is 408 g/mol. The molecule has 5 rings (SSSR count). The van der Waals surface area contributed by atoms with E-state index in [2.05, 4.69) is 64.5 Å². The molecule has 0 unspecified atom stereocenters. The van der Waals surface area contributed by atoms with Gasteiger partial charge in [-0.1, -0.05) is 61.0 Å². The average Bonchev–Trinajstić information content (AvgIpc) is 2.89. The molecule has 0 atom stereocenters. The molecule has 0 spiro atoms. The van der Waals surface area contributed by atoms with Crippen LogP contribution in [0.15, 0.2) is 72.9 Å². The van der Waals surface area contributed by atoms with Gasteiger partial charge in [-0.3, -0.25) is 4.90 Å². The van der Waals surface area contributed by atoms with Crippen molar-refractivity contribution in [3.63, 3.8) is 0 Å². The summed E-state index contributed by atoms with van der Waals surface area (Å²) in [5, 5.41) is 0.942. The van der Waals surface area contributed by atoms with Crippen LogP contribution in [0.4, 0.5) is 0 Å². The van der Waals surface area contributed by atoms with E-state index in [1.165, 1.54) is 32.4 Å². The first-order chi connectivity index (χ1) is 16.3. The van der Waals surface area contributed by atoms with Gasteiger partial charge in [0.15, 0.2) is 0 Å². The standard InChI is InChI=1S/C28H30N4O/c29-20-21-9-11-23(12-10-21)27-24(22-7-3-1-4-8-22)19-25-26(31-27)13-14-30-28(25)33-18-17-32-15-5-2-6-16-32/h1,3-4,7-14,19H,2,5-6,15-18,20,29H2. The summed E-state index contributed by atoms with van der Waals surface area (Å²) in [6, 6.07) is 22.8. The van der Waals surface area contributed by atoms with Gasteiger partial charge in [-0.25, -0.2) is 9.97 Å². The Morgan fingerprint density at radius 3 is 2.42 bits per heavy atom. The first kappa shape index (κ1) is 21.6. The Balaban J connectivity index is 1.52. The molecule has 5 nitrogen and oxygen atoms in total. The fraction of sp³-hybridized carbons (Fsp3) is 0.286. The van der Waals surface area contributed by atoms with E-state index in [9.17, 15) is 0 Å². The van der Waals surface area contributed by atoms with E-state index in [1.54, 1.807) is 6.20 Å². The second kappa shape index (κ2) is 10.1. The van der Waals surface area contributed by atoms with Crippen molar-refractivity contribution in [2.75, 3.05) is 26.2 Å². The van der Waals surface area contributed by atoms with Crippen molar-refractivity contribution in [1.29, 1.82) is 0 Å². The molecule has 1 fully saturated rings. The number of pyridine rings is 2. The normalized spacial score (nSPS) is 14.5. The second-order valence-electron chi connectivity index (χ2n) is 8.59. The number of likely N-dealkylation sites (tertiary alicyclic amines) is 1. The van der Waals surface area contributed by atoms with Gasteiger partial charge in [-0.2, -0.15) is 0 Å². The first-order valence-electron chi connectivity index (χ1n) is 11.8. The van der Waals surface area contributed by atoms with E-state index in [1.807, 2.05) is 12.1 Å². The van der Waals surface area contributed by atoms with Crippen LogP contribution in [-0.2, 0) is 6.54 Å². The minimum Gasteiger partial charge on any atom is -0.476 e. The Hall–Kier alpha value is -3.28. The topological polar surface area (TPSA) is 64.3 Å². The lowest BCUT2D eigenvalue weighted by molar-refractivity contribution is 0.181. The van der Waals surface area contributed by atoms with Crippen molar-refractivity contribution in [2.45, 2.75) is 25.8 Å². The Morgan fingerprint density at radius 1 is 0.879 bits per heavy atom. The number of fused-ring (bicyclic) bond motifs is 1. The molecule has 2 aromatic carbocycles. The molecule has 3 heterocycles. The van der Waals surface area contributed by atoms with E-state index in [0.29, 0.717) is 19.0 Å². The van der Waals surface area contributed by atoms with Crippen LogP contribution in [0.25, 0.3) is 33.3 Å². The smallest absolute Gasteiger partial charge is 0.222 e. The number of ether oxygens (including phenoxy) is 1. The molecule has 0 saturated carbocycles. The van der Waals surface area contributed by atoms with E-state index in [4.69, 9.17) is 15.5 Å². The van der Waals surface area contributed by atoms with Gasteiger partial charge in [-0.15, -0.1) is 0 Å². The van der Waals surface area contributed by atoms with Crippen LogP contribution in [0.3, 0.4) is 0 Å². The largest absolute Gasteiger partial charge is 0.476 e. The van der Waals surface area contributed by atoms with Crippen molar-refractivity contribution in [2.24, 2.45) is 5.73 Å². The highest BCUT2D eigenvalue weighted by atomic mass is 16.5. The number of hydrogen-bond donors (Lipinski definition) is 1. The molecule has 1 saturated heterocycles. The molecule has 2 aromatic heterocycles. The second-order valence-corrected chi connectivity index (χ2v) is 8.59. The summed E-state index contributed by atoms with van der Waals surface area (Å²) in [6.45, 7) is 4.43. The van der Waals surface area contributed by atoms with Gasteiger partial charge in [0.25, 0.3) is 0 Å². The quantitative estimate of drug-likeness (QED) is 0.425. The predicted molar refractivity (Wildman–Crippen MR) is 134 cm³/mol. The molecule has 0 radical (unpaired) electrons. The molecule has 168 valence electrons. The highest BCUT2D eigenvalue weighted by Crippen LogP contribution is 2.35. The van der Waals surface area contributed by atoms with Gasteiger partial charge in [0.2, 0.25) is 5.88 Å². The highest BCUT2D eigenvalue weighted by molar-refractivity contribution is 5.93. The van der Waals surface area contributed by atoms with Crippen molar-refractivity contribution >= 4 is 10.9 Å². The van der Waals surface area contributed by atoms with Crippen molar-refractivity contribution < 1.29 is 4.74 Å². The van der Waals surface area contributed by atoms with E-state index in [0.717, 1.165) is 45.4 Å². The summed E-state index contributed by atoms with van der Waals surface area (Å²) in [4.78, 5) is 12.1. The Morgan fingerprint density at radius 2 is 1.67 bits per heavy atom. The van der Waals surface area contributed by atoms with Crippen LogP contribution in [0.5, 0.6) is 5.88 Å². The molecule has 33 heavy (non-hydrogen) atoms. The molecule has 2 N–H and O–H groups in total. The van der Waals surface area contributed by atoms with Gasteiger partial charge >= 0.3 is 0 Å². The third-order valence-corrected chi connectivity index (χ3v) is 6.35. The fourth-order valence-corrected chi connectivity index (χ4v) is 4.50. The molecular formula is C28H30N4O. The van der Waals surface area contributed by atoms with Gasteiger partial charge in [-0.05, 0) is 49.2 Å². The number of hydrogen-bond acceptors (Lipinski definition) is 5. The van der Waals surface area contributed by atoms with Gasteiger partial charge in [0, 0.05) is 30.4 Å². The van der Waals surface area contributed by atoms with E-state index in [-0.39, 0.29) is 0 Å². The van der Waals surface area contributed by atoms with Crippen LogP contribution in [-0.4, -0.2) is 41.1 Å². The Kier molecular flexibility index (Phi) is 6.61. The van der Waals surface area contributed by atoms with E-state index < -0.39 is 0 Å². The third-order valence-electron chi connectivity index (χ3n) is 6.35. The maximum absolute atomic E-state index is 6.18. The Bertz CT molecular complexity index is 1200. The maximum atomic E-state index is 6.18.